The molecule has 1 heterocycles. The summed E-state index contributed by atoms with van der Waals surface area (Å²) in [6, 6.07) is 15.2. The van der Waals surface area contributed by atoms with Gasteiger partial charge in [-0.15, -0.1) is 0 Å². The Morgan fingerprint density at radius 3 is 2.39 bits per heavy atom. The van der Waals surface area contributed by atoms with Crippen LogP contribution in [0.5, 0.6) is 0 Å². The van der Waals surface area contributed by atoms with Gasteiger partial charge in [0.25, 0.3) is 11.8 Å². The van der Waals surface area contributed by atoms with Crippen LogP contribution in [0.2, 0.25) is 0 Å². The number of rotatable bonds is 6. The van der Waals surface area contributed by atoms with E-state index in [1.807, 2.05) is 6.07 Å². The third-order valence-electron chi connectivity index (χ3n) is 4.48. The average molecular weight is 378 g/mol. The van der Waals surface area contributed by atoms with Crippen LogP contribution in [0.25, 0.3) is 0 Å². The number of nitrogens with one attached hydrogen (secondary N) is 2. The van der Waals surface area contributed by atoms with Crippen LogP contribution in [0.15, 0.2) is 48.5 Å². The Balaban J connectivity index is 1.51. The second-order valence-electron chi connectivity index (χ2n) is 6.43. The maximum Gasteiger partial charge on any atom is 0.255 e. The van der Waals surface area contributed by atoms with Gasteiger partial charge < -0.3 is 15.4 Å². The molecule has 2 aromatic rings. The molecule has 0 atom stereocenters. The quantitative estimate of drug-likeness (QED) is 0.800. The van der Waals surface area contributed by atoms with Crippen LogP contribution in [0.4, 0.5) is 5.69 Å². The number of anilines is 1. The van der Waals surface area contributed by atoms with E-state index in [1.54, 1.807) is 48.5 Å². The maximum atomic E-state index is 12.3. The summed E-state index contributed by atoms with van der Waals surface area (Å²) in [7, 11) is 0. The van der Waals surface area contributed by atoms with Crippen LogP contribution < -0.4 is 10.6 Å². The zero-order chi connectivity index (χ0) is 19.8. The lowest BCUT2D eigenvalue weighted by molar-refractivity contribution is 0.0383. The zero-order valence-corrected chi connectivity index (χ0v) is 15.5. The molecule has 2 N–H and O–H groups in total. The molecule has 7 nitrogen and oxygen atoms in total. The van der Waals surface area contributed by atoms with Gasteiger partial charge in [0, 0.05) is 43.0 Å². The summed E-state index contributed by atoms with van der Waals surface area (Å²) in [5, 5.41) is 14.6. The van der Waals surface area contributed by atoms with Crippen LogP contribution in [-0.4, -0.2) is 56.1 Å². The van der Waals surface area contributed by atoms with Crippen molar-refractivity contribution in [1.82, 2.24) is 10.2 Å². The Labute approximate surface area is 163 Å². The number of nitriles is 1. The second kappa shape index (κ2) is 9.65. The van der Waals surface area contributed by atoms with Crippen LogP contribution in [0, 0.1) is 11.3 Å². The molecule has 7 heteroatoms. The Morgan fingerprint density at radius 1 is 1.04 bits per heavy atom. The number of amides is 2. The van der Waals surface area contributed by atoms with E-state index < -0.39 is 0 Å². The van der Waals surface area contributed by atoms with Crippen molar-refractivity contribution in [2.75, 3.05) is 44.7 Å². The summed E-state index contributed by atoms with van der Waals surface area (Å²) in [5.41, 5.74) is 1.97. The van der Waals surface area contributed by atoms with E-state index in [2.05, 4.69) is 15.5 Å². The van der Waals surface area contributed by atoms with Gasteiger partial charge in [0.1, 0.15) is 0 Å². The Hall–Kier alpha value is -3.21. The van der Waals surface area contributed by atoms with E-state index in [0.29, 0.717) is 28.9 Å². The first-order valence-corrected chi connectivity index (χ1v) is 9.15. The smallest absolute Gasteiger partial charge is 0.255 e. The first-order chi connectivity index (χ1) is 13.7. The first-order valence-electron chi connectivity index (χ1n) is 9.15. The minimum atomic E-state index is -0.297. The van der Waals surface area contributed by atoms with Crippen molar-refractivity contribution in [3.63, 3.8) is 0 Å². The fraction of sp³-hybridized carbons (Fsp3) is 0.286. The van der Waals surface area contributed by atoms with Gasteiger partial charge in [-0.3, -0.25) is 14.5 Å². The van der Waals surface area contributed by atoms with Crippen molar-refractivity contribution >= 4 is 17.5 Å². The first kappa shape index (κ1) is 19.5. The fourth-order valence-electron chi connectivity index (χ4n) is 2.90. The largest absolute Gasteiger partial charge is 0.379 e. The summed E-state index contributed by atoms with van der Waals surface area (Å²) in [6.45, 7) is 4.60. The summed E-state index contributed by atoms with van der Waals surface area (Å²) in [5.74, 6) is -0.462. The van der Waals surface area contributed by atoms with E-state index in [0.717, 1.165) is 32.8 Å². The fourth-order valence-corrected chi connectivity index (χ4v) is 2.90. The lowest BCUT2D eigenvalue weighted by Gasteiger charge is -2.26. The molecule has 1 saturated heterocycles. The minimum Gasteiger partial charge on any atom is -0.379 e. The molecular weight excluding hydrogens is 356 g/mol. The van der Waals surface area contributed by atoms with E-state index in [1.165, 1.54) is 0 Å². The van der Waals surface area contributed by atoms with Crippen molar-refractivity contribution in [3.05, 3.63) is 65.2 Å². The lowest BCUT2D eigenvalue weighted by Crippen LogP contribution is -2.41. The highest BCUT2D eigenvalue weighted by atomic mass is 16.5. The molecule has 0 bridgehead atoms. The number of benzene rings is 2. The highest BCUT2D eigenvalue weighted by Crippen LogP contribution is 2.12. The molecule has 1 aliphatic rings. The van der Waals surface area contributed by atoms with Crippen LogP contribution >= 0.6 is 0 Å². The molecule has 28 heavy (non-hydrogen) atoms. The number of hydrogen-bond donors (Lipinski definition) is 2. The van der Waals surface area contributed by atoms with Gasteiger partial charge in [0.15, 0.2) is 0 Å². The molecule has 1 aliphatic heterocycles. The van der Waals surface area contributed by atoms with Gasteiger partial charge in [0.05, 0.1) is 24.8 Å². The summed E-state index contributed by atoms with van der Waals surface area (Å²) >= 11 is 0. The van der Waals surface area contributed by atoms with Crippen molar-refractivity contribution in [2.24, 2.45) is 0 Å². The predicted octanol–water partition coefficient (Wildman–Crippen LogP) is 1.87. The molecule has 0 saturated carbocycles. The molecule has 1 fully saturated rings. The van der Waals surface area contributed by atoms with Crippen LogP contribution in [0.3, 0.4) is 0 Å². The predicted molar refractivity (Wildman–Crippen MR) is 105 cm³/mol. The van der Waals surface area contributed by atoms with Gasteiger partial charge in [-0.25, -0.2) is 0 Å². The topological polar surface area (TPSA) is 94.5 Å². The van der Waals surface area contributed by atoms with Crippen molar-refractivity contribution < 1.29 is 14.3 Å². The molecule has 0 aliphatic carbocycles. The van der Waals surface area contributed by atoms with Gasteiger partial charge in [-0.2, -0.15) is 5.26 Å². The summed E-state index contributed by atoms with van der Waals surface area (Å²) < 4.78 is 5.30. The van der Waals surface area contributed by atoms with Gasteiger partial charge in [-0.1, -0.05) is 6.07 Å². The Kier molecular flexibility index (Phi) is 6.73. The molecule has 0 spiro atoms. The van der Waals surface area contributed by atoms with Crippen LogP contribution in [-0.2, 0) is 4.74 Å². The molecule has 3 rings (SSSR count). The molecule has 2 amide bonds. The number of hydrogen-bond acceptors (Lipinski definition) is 5. The number of morpholine rings is 1. The van der Waals surface area contributed by atoms with Crippen molar-refractivity contribution in [1.29, 1.82) is 5.26 Å². The molecular formula is C21H22N4O3. The Bertz CT molecular complexity index is 868. The van der Waals surface area contributed by atoms with Crippen molar-refractivity contribution in [2.45, 2.75) is 0 Å². The van der Waals surface area contributed by atoms with Gasteiger partial charge in [-0.05, 0) is 42.5 Å². The highest BCUT2D eigenvalue weighted by molar-refractivity contribution is 6.05. The maximum absolute atomic E-state index is 12.3. The molecule has 0 unspecified atom stereocenters. The van der Waals surface area contributed by atoms with E-state index in [4.69, 9.17) is 10.00 Å². The number of ether oxygens (including phenoxy) is 1. The molecule has 144 valence electrons. The Morgan fingerprint density at radius 2 is 1.71 bits per heavy atom. The van der Waals surface area contributed by atoms with E-state index in [-0.39, 0.29) is 11.8 Å². The standard InChI is InChI=1S/C21H22N4O3/c22-15-16-2-1-3-19(14-16)24-21(27)18-6-4-17(5-7-18)20(26)23-8-9-25-10-12-28-13-11-25/h1-7,14H,8-13H2,(H,23,26)(H,24,27). The monoisotopic (exact) mass is 378 g/mol. The SMILES string of the molecule is N#Cc1cccc(NC(=O)c2ccc(C(=O)NCCN3CCOCC3)cc2)c1. The number of carbonyl (C=O) groups excluding carboxylic acids is 2. The molecule has 0 radical (unpaired) electrons. The highest BCUT2D eigenvalue weighted by Gasteiger charge is 2.12. The summed E-state index contributed by atoms with van der Waals surface area (Å²) in [6.07, 6.45) is 0. The lowest BCUT2D eigenvalue weighted by atomic mass is 10.1. The van der Waals surface area contributed by atoms with E-state index in [9.17, 15) is 9.59 Å². The third-order valence-corrected chi connectivity index (χ3v) is 4.48. The molecule has 0 aromatic heterocycles. The van der Waals surface area contributed by atoms with Crippen LogP contribution in [0.1, 0.15) is 26.3 Å². The average Bonchev–Trinajstić information content (AvgIpc) is 2.74. The normalized spacial score (nSPS) is 14.1. The van der Waals surface area contributed by atoms with Gasteiger partial charge in [0.2, 0.25) is 0 Å². The minimum absolute atomic E-state index is 0.165. The van der Waals surface area contributed by atoms with Crippen molar-refractivity contribution in [3.8, 4) is 6.07 Å². The summed E-state index contributed by atoms with van der Waals surface area (Å²) in [4.78, 5) is 26.8. The van der Waals surface area contributed by atoms with E-state index >= 15 is 0 Å². The number of carbonyl (C=O) groups is 2. The number of nitrogens with zero attached hydrogens (tertiary/aromatic N) is 2. The second-order valence-corrected chi connectivity index (χ2v) is 6.43. The molecule has 2 aromatic carbocycles. The zero-order valence-electron chi connectivity index (χ0n) is 15.5. The third kappa shape index (κ3) is 5.39. The van der Waals surface area contributed by atoms with Gasteiger partial charge >= 0.3 is 0 Å².